The van der Waals surface area contributed by atoms with Gasteiger partial charge < -0.3 is 4.98 Å². The highest BCUT2D eigenvalue weighted by Crippen LogP contribution is 2.51. The van der Waals surface area contributed by atoms with Crippen LogP contribution in [0.1, 0.15) is 51.4 Å². The van der Waals surface area contributed by atoms with Gasteiger partial charge in [-0.2, -0.15) is 0 Å². The van der Waals surface area contributed by atoms with Crippen LogP contribution < -0.4 is 0 Å². The number of aromatic amines is 1. The van der Waals surface area contributed by atoms with Crippen molar-refractivity contribution in [1.29, 1.82) is 0 Å². The van der Waals surface area contributed by atoms with E-state index in [9.17, 15) is 0 Å². The van der Waals surface area contributed by atoms with Gasteiger partial charge in [-0.3, -0.25) is 0 Å². The first-order chi connectivity index (χ1) is 6.95. The van der Waals surface area contributed by atoms with Gasteiger partial charge >= 0.3 is 0 Å². The third kappa shape index (κ3) is 1.89. The van der Waals surface area contributed by atoms with Crippen molar-refractivity contribution in [1.82, 2.24) is 9.97 Å². The molecule has 0 spiro atoms. The molecule has 1 aromatic rings. The zero-order valence-electron chi connectivity index (χ0n) is 9.54. The fraction of sp³-hybridized carbons (Fsp3) is 0.583. The van der Waals surface area contributed by atoms with E-state index in [1.807, 2.05) is 27.7 Å². The molecule has 14 heavy (non-hydrogen) atoms. The SMILES string of the molecule is C1=CC2CC2c2[nH]cnc21.CC.CC. The van der Waals surface area contributed by atoms with Gasteiger partial charge in [0.1, 0.15) is 0 Å². The number of nitrogens with one attached hydrogen (secondary N) is 1. The van der Waals surface area contributed by atoms with Crippen molar-refractivity contribution in [3.05, 3.63) is 23.8 Å². The number of H-pyrrole nitrogens is 1. The van der Waals surface area contributed by atoms with Crippen LogP contribution in [-0.4, -0.2) is 9.97 Å². The van der Waals surface area contributed by atoms with Crippen LogP contribution in [0.25, 0.3) is 6.08 Å². The smallest absolute Gasteiger partial charge is 0.0929 e. The lowest BCUT2D eigenvalue weighted by Gasteiger charge is -1.99. The van der Waals surface area contributed by atoms with Gasteiger partial charge in [-0.05, 0) is 18.4 Å². The van der Waals surface area contributed by atoms with Crippen LogP contribution in [0.4, 0.5) is 0 Å². The summed E-state index contributed by atoms with van der Waals surface area (Å²) in [6.45, 7) is 8.00. The fourth-order valence-corrected chi connectivity index (χ4v) is 1.72. The Bertz CT molecular complexity index is 299. The molecule has 0 bridgehead atoms. The number of imidazole rings is 1. The normalized spacial score (nSPS) is 24.6. The molecule has 1 N–H and O–H groups in total. The highest BCUT2D eigenvalue weighted by molar-refractivity contribution is 5.55. The van der Waals surface area contributed by atoms with Gasteiger partial charge in [-0.25, -0.2) is 4.98 Å². The molecule has 2 aliphatic carbocycles. The molecule has 0 aromatic carbocycles. The van der Waals surface area contributed by atoms with Gasteiger partial charge in [0.2, 0.25) is 0 Å². The third-order valence-electron chi connectivity index (χ3n) is 2.41. The van der Waals surface area contributed by atoms with Gasteiger partial charge in [0.05, 0.1) is 12.0 Å². The lowest BCUT2D eigenvalue weighted by Crippen LogP contribution is -1.89. The second kappa shape index (κ2) is 4.99. The summed E-state index contributed by atoms with van der Waals surface area (Å²) in [7, 11) is 0. The molecule has 0 aliphatic heterocycles. The van der Waals surface area contributed by atoms with Crippen molar-refractivity contribution in [2.45, 2.75) is 40.0 Å². The number of allylic oxidation sites excluding steroid dienone is 1. The first-order valence-electron chi connectivity index (χ1n) is 5.66. The highest BCUT2D eigenvalue weighted by atomic mass is 14.9. The number of rotatable bonds is 0. The Balaban J connectivity index is 0.000000222. The Hall–Kier alpha value is -1.05. The summed E-state index contributed by atoms with van der Waals surface area (Å²) < 4.78 is 0. The van der Waals surface area contributed by atoms with Crippen molar-refractivity contribution >= 4 is 6.08 Å². The van der Waals surface area contributed by atoms with Gasteiger partial charge in [-0.15, -0.1) is 0 Å². The van der Waals surface area contributed by atoms with E-state index in [0.29, 0.717) is 0 Å². The van der Waals surface area contributed by atoms with E-state index >= 15 is 0 Å². The second-order valence-corrected chi connectivity index (χ2v) is 3.07. The van der Waals surface area contributed by atoms with Crippen molar-refractivity contribution in [2.24, 2.45) is 5.92 Å². The second-order valence-electron chi connectivity index (χ2n) is 3.07. The molecule has 2 unspecified atom stereocenters. The molecule has 0 amide bonds. The minimum absolute atomic E-state index is 0.780. The molecule has 1 aromatic heterocycles. The molecule has 78 valence electrons. The first-order valence-corrected chi connectivity index (χ1v) is 5.66. The van der Waals surface area contributed by atoms with Crippen LogP contribution >= 0.6 is 0 Å². The molecule has 2 atom stereocenters. The maximum absolute atomic E-state index is 4.19. The topological polar surface area (TPSA) is 28.7 Å². The fourth-order valence-electron chi connectivity index (χ4n) is 1.72. The summed E-state index contributed by atoms with van der Waals surface area (Å²) in [6, 6.07) is 0. The average molecular weight is 192 g/mol. The summed E-state index contributed by atoms with van der Waals surface area (Å²) in [6.07, 6.45) is 7.51. The summed E-state index contributed by atoms with van der Waals surface area (Å²) >= 11 is 0. The summed E-state index contributed by atoms with van der Waals surface area (Å²) in [5, 5.41) is 0. The molecule has 1 fully saturated rings. The first kappa shape index (κ1) is 11.0. The van der Waals surface area contributed by atoms with Crippen molar-refractivity contribution in [2.75, 3.05) is 0 Å². The summed E-state index contributed by atoms with van der Waals surface area (Å²) in [5.41, 5.74) is 2.51. The minimum atomic E-state index is 0.780. The summed E-state index contributed by atoms with van der Waals surface area (Å²) in [5.74, 6) is 1.61. The van der Waals surface area contributed by atoms with Crippen LogP contribution in [0.3, 0.4) is 0 Å². The maximum Gasteiger partial charge on any atom is 0.0929 e. The zero-order chi connectivity index (χ0) is 10.6. The number of fused-ring (bicyclic) bond motifs is 3. The quantitative estimate of drug-likeness (QED) is 0.668. The number of aromatic nitrogens is 2. The monoisotopic (exact) mass is 192 g/mol. The van der Waals surface area contributed by atoms with E-state index in [1.54, 1.807) is 6.33 Å². The summed E-state index contributed by atoms with van der Waals surface area (Å²) in [4.78, 5) is 7.38. The van der Waals surface area contributed by atoms with Crippen LogP contribution in [0, 0.1) is 5.92 Å². The van der Waals surface area contributed by atoms with E-state index in [-0.39, 0.29) is 0 Å². The van der Waals surface area contributed by atoms with Crippen LogP contribution in [0.2, 0.25) is 0 Å². The molecule has 1 heterocycles. The van der Waals surface area contributed by atoms with Crippen LogP contribution in [0.5, 0.6) is 0 Å². The molecular formula is C12H20N2. The Morgan fingerprint density at radius 3 is 2.71 bits per heavy atom. The molecule has 0 radical (unpaired) electrons. The molecular weight excluding hydrogens is 172 g/mol. The van der Waals surface area contributed by atoms with Crippen molar-refractivity contribution in [3.8, 4) is 0 Å². The van der Waals surface area contributed by atoms with Crippen molar-refractivity contribution < 1.29 is 0 Å². The zero-order valence-corrected chi connectivity index (χ0v) is 9.54. The third-order valence-corrected chi connectivity index (χ3v) is 2.41. The Labute approximate surface area is 86.5 Å². The Morgan fingerprint density at radius 1 is 1.29 bits per heavy atom. The largest absolute Gasteiger partial charge is 0.348 e. The average Bonchev–Trinajstić information content (AvgIpc) is 2.93. The standard InChI is InChI=1S/C8H8N2.2C2H6/c1-2-7-8(10-4-9-7)6-3-5(1)6;2*1-2/h1-2,4-6H,3H2,(H,9,10);2*1-2H3. The molecule has 0 saturated heterocycles. The Kier molecular flexibility index (Phi) is 3.93. The van der Waals surface area contributed by atoms with Crippen molar-refractivity contribution in [3.63, 3.8) is 0 Å². The predicted octanol–water partition coefficient (Wildman–Crippen LogP) is 3.59. The van der Waals surface area contributed by atoms with Gasteiger partial charge in [-0.1, -0.05) is 33.8 Å². The molecule has 1 saturated carbocycles. The molecule has 2 heteroatoms. The number of hydrogen-bond acceptors (Lipinski definition) is 1. The van der Waals surface area contributed by atoms with E-state index in [1.165, 1.54) is 12.1 Å². The lowest BCUT2D eigenvalue weighted by atomic mass is 10.1. The van der Waals surface area contributed by atoms with E-state index in [2.05, 4.69) is 22.1 Å². The molecule has 2 nitrogen and oxygen atoms in total. The van der Waals surface area contributed by atoms with E-state index in [4.69, 9.17) is 0 Å². The number of hydrogen-bond donors (Lipinski definition) is 1. The Morgan fingerprint density at radius 2 is 2.00 bits per heavy atom. The molecule has 2 aliphatic rings. The number of nitrogens with zero attached hydrogens (tertiary/aromatic N) is 1. The lowest BCUT2D eigenvalue weighted by molar-refractivity contribution is 0.954. The predicted molar refractivity (Wildman–Crippen MR) is 61.2 cm³/mol. The molecule has 3 rings (SSSR count). The maximum atomic E-state index is 4.19. The van der Waals surface area contributed by atoms with Gasteiger partial charge in [0.15, 0.2) is 0 Å². The van der Waals surface area contributed by atoms with E-state index in [0.717, 1.165) is 17.5 Å². The highest BCUT2D eigenvalue weighted by Gasteiger charge is 2.40. The van der Waals surface area contributed by atoms with Gasteiger partial charge in [0, 0.05) is 11.6 Å². The minimum Gasteiger partial charge on any atom is -0.348 e. The van der Waals surface area contributed by atoms with E-state index < -0.39 is 0 Å². The van der Waals surface area contributed by atoms with Gasteiger partial charge in [0.25, 0.3) is 0 Å². The van der Waals surface area contributed by atoms with Crippen LogP contribution in [-0.2, 0) is 0 Å². The van der Waals surface area contributed by atoms with Crippen LogP contribution in [0.15, 0.2) is 12.4 Å².